The lowest BCUT2D eigenvalue weighted by atomic mass is 9.76. The van der Waals surface area contributed by atoms with Gasteiger partial charge in [-0.05, 0) is 19.8 Å². The summed E-state index contributed by atoms with van der Waals surface area (Å²) < 4.78 is 0. The van der Waals surface area contributed by atoms with Crippen LogP contribution < -0.4 is 5.73 Å². The van der Waals surface area contributed by atoms with Crippen LogP contribution in [0.1, 0.15) is 45.4 Å². The van der Waals surface area contributed by atoms with E-state index in [-0.39, 0.29) is 11.5 Å². The Kier molecular flexibility index (Phi) is 3.53. The van der Waals surface area contributed by atoms with Crippen molar-refractivity contribution in [2.75, 3.05) is 6.54 Å². The topological polar surface area (TPSA) is 46.2 Å². The summed E-state index contributed by atoms with van der Waals surface area (Å²) in [5, 5.41) is 9.67. The molecule has 1 fully saturated rings. The van der Waals surface area contributed by atoms with E-state index in [9.17, 15) is 5.11 Å². The molecule has 0 aliphatic heterocycles. The van der Waals surface area contributed by atoms with Crippen LogP contribution in [-0.2, 0) is 0 Å². The van der Waals surface area contributed by atoms with Crippen molar-refractivity contribution < 1.29 is 5.11 Å². The van der Waals surface area contributed by atoms with Gasteiger partial charge in [0, 0.05) is 12.0 Å². The van der Waals surface area contributed by atoms with Gasteiger partial charge in [0.15, 0.2) is 0 Å². The second kappa shape index (κ2) is 4.24. The molecule has 0 aromatic carbocycles. The Morgan fingerprint density at radius 2 is 1.75 bits per heavy atom. The number of hydrogen-bond acceptors (Lipinski definition) is 2. The fourth-order valence-electron chi connectivity index (χ4n) is 2.23. The molecule has 0 spiro atoms. The van der Waals surface area contributed by atoms with Crippen molar-refractivity contribution in [2.24, 2.45) is 11.1 Å². The largest absolute Gasteiger partial charge is 0.393 e. The van der Waals surface area contributed by atoms with Gasteiger partial charge < -0.3 is 10.8 Å². The van der Waals surface area contributed by atoms with Gasteiger partial charge in [-0.3, -0.25) is 0 Å². The Labute approximate surface area is 75.2 Å². The molecule has 3 N–H and O–H groups in total. The minimum absolute atomic E-state index is 0.0382. The summed E-state index contributed by atoms with van der Waals surface area (Å²) in [5.74, 6) is 0. The first-order chi connectivity index (χ1) is 5.71. The van der Waals surface area contributed by atoms with Crippen LogP contribution in [0.15, 0.2) is 0 Å². The van der Waals surface area contributed by atoms with Gasteiger partial charge in [-0.25, -0.2) is 0 Å². The van der Waals surface area contributed by atoms with E-state index in [4.69, 9.17) is 5.73 Å². The summed E-state index contributed by atoms with van der Waals surface area (Å²) in [6, 6.07) is 0. The molecule has 1 saturated carbocycles. The monoisotopic (exact) mass is 171 g/mol. The first kappa shape index (κ1) is 10.0. The molecule has 0 amide bonds. The van der Waals surface area contributed by atoms with Gasteiger partial charge in [-0.15, -0.1) is 0 Å². The van der Waals surface area contributed by atoms with Crippen LogP contribution in [0.5, 0.6) is 0 Å². The molecule has 0 aromatic rings. The number of rotatable bonds is 2. The maximum atomic E-state index is 9.67. The lowest BCUT2D eigenvalue weighted by molar-refractivity contribution is 0.0326. The summed E-state index contributed by atoms with van der Waals surface area (Å²) in [6.07, 6.45) is 7.09. The van der Waals surface area contributed by atoms with E-state index in [0.717, 1.165) is 12.8 Å². The third kappa shape index (κ3) is 1.99. The third-order valence-corrected chi connectivity index (χ3v) is 3.39. The number of hydrogen-bond donors (Lipinski definition) is 2. The highest BCUT2D eigenvalue weighted by Gasteiger charge is 2.33. The fraction of sp³-hybridized carbons (Fsp3) is 1.00. The van der Waals surface area contributed by atoms with Gasteiger partial charge in [0.1, 0.15) is 0 Å². The maximum absolute atomic E-state index is 9.67. The van der Waals surface area contributed by atoms with Crippen LogP contribution in [-0.4, -0.2) is 17.8 Å². The molecule has 12 heavy (non-hydrogen) atoms. The minimum atomic E-state index is -0.236. The average Bonchev–Trinajstić information content (AvgIpc) is 2.29. The van der Waals surface area contributed by atoms with Gasteiger partial charge in [-0.2, -0.15) is 0 Å². The molecule has 0 heterocycles. The smallest absolute Gasteiger partial charge is 0.0580 e. The van der Waals surface area contributed by atoms with Crippen LogP contribution in [0.2, 0.25) is 0 Å². The van der Waals surface area contributed by atoms with Crippen LogP contribution in [0, 0.1) is 5.41 Å². The van der Waals surface area contributed by atoms with Crippen LogP contribution >= 0.6 is 0 Å². The molecule has 1 atom stereocenters. The lowest BCUT2D eigenvalue weighted by Gasteiger charge is -2.34. The number of aliphatic hydroxyl groups excluding tert-OH is 1. The third-order valence-electron chi connectivity index (χ3n) is 3.39. The van der Waals surface area contributed by atoms with Crippen LogP contribution in [0.3, 0.4) is 0 Å². The van der Waals surface area contributed by atoms with Crippen molar-refractivity contribution in [1.29, 1.82) is 0 Å². The molecule has 1 aliphatic rings. The summed E-state index contributed by atoms with van der Waals surface area (Å²) in [7, 11) is 0. The molecule has 2 nitrogen and oxygen atoms in total. The molecule has 0 bridgehead atoms. The zero-order valence-electron chi connectivity index (χ0n) is 8.05. The van der Waals surface area contributed by atoms with Gasteiger partial charge in [0.05, 0.1) is 6.10 Å². The van der Waals surface area contributed by atoms with Gasteiger partial charge in [0.2, 0.25) is 0 Å². The molecule has 1 aliphatic carbocycles. The Bertz CT molecular complexity index is 126. The van der Waals surface area contributed by atoms with Crippen molar-refractivity contribution in [2.45, 2.75) is 51.6 Å². The molecule has 0 saturated heterocycles. The Balaban J connectivity index is 2.61. The lowest BCUT2D eigenvalue weighted by Crippen LogP contribution is -2.39. The Hall–Kier alpha value is -0.0800. The number of nitrogens with two attached hydrogens (primary N) is 1. The predicted molar refractivity (Wildman–Crippen MR) is 50.9 cm³/mol. The molecule has 1 unspecified atom stereocenters. The second-order valence-corrected chi connectivity index (χ2v) is 4.16. The maximum Gasteiger partial charge on any atom is 0.0580 e. The van der Waals surface area contributed by atoms with Gasteiger partial charge in [-0.1, -0.05) is 25.7 Å². The average molecular weight is 171 g/mol. The molecule has 0 radical (unpaired) electrons. The zero-order valence-corrected chi connectivity index (χ0v) is 8.05. The first-order valence-corrected chi connectivity index (χ1v) is 5.09. The van der Waals surface area contributed by atoms with Gasteiger partial charge >= 0.3 is 0 Å². The Morgan fingerprint density at radius 1 is 1.25 bits per heavy atom. The van der Waals surface area contributed by atoms with E-state index in [0.29, 0.717) is 6.54 Å². The van der Waals surface area contributed by atoms with E-state index in [1.807, 2.05) is 6.92 Å². The SMILES string of the molecule is CC(O)C1(CN)CCCCCC1. The van der Waals surface area contributed by atoms with E-state index in [2.05, 4.69) is 0 Å². The summed E-state index contributed by atoms with van der Waals surface area (Å²) >= 11 is 0. The minimum Gasteiger partial charge on any atom is -0.393 e. The summed E-state index contributed by atoms with van der Waals surface area (Å²) in [4.78, 5) is 0. The van der Waals surface area contributed by atoms with E-state index < -0.39 is 0 Å². The first-order valence-electron chi connectivity index (χ1n) is 5.09. The van der Waals surface area contributed by atoms with E-state index in [1.165, 1.54) is 25.7 Å². The summed E-state index contributed by atoms with van der Waals surface area (Å²) in [6.45, 7) is 2.53. The van der Waals surface area contributed by atoms with Gasteiger partial charge in [0.25, 0.3) is 0 Å². The molecule has 72 valence electrons. The molecular formula is C10H21NO. The summed E-state index contributed by atoms with van der Waals surface area (Å²) in [5.41, 5.74) is 5.79. The molecule has 2 heteroatoms. The van der Waals surface area contributed by atoms with Crippen molar-refractivity contribution in [3.8, 4) is 0 Å². The van der Waals surface area contributed by atoms with Crippen molar-refractivity contribution in [1.82, 2.24) is 0 Å². The highest BCUT2D eigenvalue weighted by atomic mass is 16.3. The quantitative estimate of drug-likeness (QED) is 0.621. The molecular weight excluding hydrogens is 150 g/mol. The van der Waals surface area contributed by atoms with Crippen molar-refractivity contribution in [3.63, 3.8) is 0 Å². The van der Waals surface area contributed by atoms with Crippen LogP contribution in [0.4, 0.5) is 0 Å². The van der Waals surface area contributed by atoms with E-state index >= 15 is 0 Å². The highest BCUT2D eigenvalue weighted by Crippen LogP contribution is 2.36. The fourth-order valence-corrected chi connectivity index (χ4v) is 2.23. The number of aliphatic hydroxyl groups is 1. The Morgan fingerprint density at radius 3 is 2.08 bits per heavy atom. The molecule has 1 rings (SSSR count). The molecule has 0 aromatic heterocycles. The normalized spacial score (nSPS) is 26.2. The standard InChI is InChI=1S/C10H21NO/c1-9(12)10(8-11)6-4-2-3-5-7-10/h9,12H,2-8,11H2,1H3. The zero-order chi connectivity index (χ0) is 9.03. The van der Waals surface area contributed by atoms with Crippen LogP contribution in [0.25, 0.3) is 0 Å². The second-order valence-electron chi connectivity index (χ2n) is 4.16. The predicted octanol–water partition coefficient (Wildman–Crippen LogP) is 1.67. The highest BCUT2D eigenvalue weighted by molar-refractivity contribution is 4.86. The van der Waals surface area contributed by atoms with Crippen molar-refractivity contribution in [3.05, 3.63) is 0 Å². The van der Waals surface area contributed by atoms with E-state index in [1.54, 1.807) is 0 Å². The van der Waals surface area contributed by atoms with Crippen molar-refractivity contribution >= 4 is 0 Å².